The number of hydrogen-bond acceptors (Lipinski definition) is 4. The van der Waals surface area contributed by atoms with Crippen molar-refractivity contribution < 1.29 is 26.3 Å². The molecule has 0 spiro atoms. The first kappa shape index (κ1) is 26.4. The molecule has 4 rings (SSSR count). The number of sulfonamides is 1. The van der Waals surface area contributed by atoms with Crippen LogP contribution in [0.15, 0.2) is 102 Å². The maximum Gasteiger partial charge on any atom is 0.416 e. The lowest BCUT2D eigenvalue weighted by Gasteiger charge is -2.35. The van der Waals surface area contributed by atoms with Crippen molar-refractivity contribution in [3.05, 3.63) is 125 Å². The quantitative estimate of drug-likeness (QED) is 0.311. The zero-order valence-corrected chi connectivity index (χ0v) is 21.0. The first-order valence-corrected chi connectivity index (χ1v) is 12.8. The van der Waals surface area contributed by atoms with Crippen LogP contribution < -0.4 is 9.46 Å². The van der Waals surface area contributed by atoms with Gasteiger partial charge in [0.25, 0.3) is 0 Å². The van der Waals surface area contributed by atoms with Crippen molar-refractivity contribution in [3.63, 3.8) is 0 Å². The number of halogens is 3. The van der Waals surface area contributed by atoms with E-state index in [4.69, 9.17) is 4.74 Å². The molecule has 9 heteroatoms. The van der Waals surface area contributed by atoms with E-state index in [2.05, 4.69) is 9.71 Å². The van der Waals surface area contributed by atoms with Crippen molar-refractivity contribution in [2.24, 2.45) is 0 Å². The summed E-state index contributed by atoms with van der Waals surface area (Å²) in [6.45, 7) is 1.82. The van der Waals surface area contributed by atoms with Gasteiger partial charge in [-0.3, -0.25) is 4.98 Å². The van der Waals surface area contributed by atoms with Crippen LogP contribution in [-0.2, 0) is 28.2 Å². The average molecular weight is 527 g/mol. The molecule has 1 N–H and O–H groups in total. The highest BCUT2D eigenvalue weighted by atomic mass is 32.2. The predicted octanol–water partition coefficient (Wildman–Crippen LogP) is 5.88. The minimum atomic E-state index is -4.62. The second-order valence-corrected chi connectivity index (χ2v) is 10.3. The minimum Gasteiger partial charge on any atom is -0.497 e. The Morgan fingerprint density at radius 1 is 0.865 bits per heavy atom. The maximum atomic E-state index is 13.7. The molecular formula is C28H25F3N2O3S. The Balaban J connectivity index is 1.97. The van der Waals surface area contributed by atoms with Gasteiger partial charge >= 0.3 is 6.18 Å². The van der Waals surface area contributed by atoms with E-state index in [0.717, 1.165) is 17.7 Å². The zero-order valence-electron chi connectivity index (χ0n) is 20.2. The van der Waals surface area contributed by atoms with E-state index in [-0.39, 0.29) is 22.6 Å². The number of methoxy groups -OCH3 is 1. The highest BCUT2D eigenvalue weighted by molar-refractivity contribution is 7.89. The SMILES string of the molecule is COc1ccc(S(=O)(=O)NC(Cc2ccccc2)(c2cccc(C(F)(F)F)c2)c2ccc(C)cn2)cc1. The van der Waals surface area contributed by atoms with Gasteiger partial charge in [-0.15, -0.1) is 0 Å². The first-order valence-electron chi connectivity index (χ1n) is 11.4. The smallest absolute Gasteiger partial charge is 0.416 e. The normalized spacial score (nSPS) is 13.6. The average Bonchev–Trinajstić information content (AvgIpc) is 2.89. The summed E-state index contributed by atoms with van der Waals surface area (Å²) < 4.78 is 76.6. The van der Waals surface area contributed by atoms with Crippen molar-refractivity contribution >= 4 is 10.0 Å². The zero-order chi connectivity index (χ0) is 26.7. The summed E-state index contributed by atoms with van der Waals surface area (Å²) in [6, 6.07) is 22.8. The van der Waals surface area contributed by atoms with E-state index < -0.39 is 27.3 Å². The number of hydrogen-bond donors (Lipinski definition) is 1. The molecule has 1 atom stereocenters. The second kappa shape index (κ2) is 10.4. The Morgan fingerprint density at radius 3 is 2.14 bits per heavy atom. The van der Waals surface area contributed by atoms with Crippen LogP contribution in [0.2, 0.25) is 0 Å². The Morgan fingerprint density at radius 2 is 1.54 bits per heavy atom. The van der Waals surface area contributed by atoms with E-state index in [1.165, 1.54) is 43.5 Å². The van der Waals surface area contributed by atoms with Crippen LogP contribution in [0.4, 0.5) is 13.2 Å². The molecule has 0 aliphatic heterocycles. The molecule has 192 valence electrons. The van der Waals surface area contributed by atoms with Crippen molar-refractivity contribution in [3.8, 4) is 5.75 Å². The maximum absolute atomic E-state index is 13.7. The van der Waals surface area contributed by atoms with E-state index in [0.29, 0.717) is 11.3 Å². The Kier molecular flexibility index (Phi) is 7.38. The van der Waals surface area contributed by atoms with Gasteiger partial charge in [0, 0.05) is 12.6 Å². The Labute approximate surface area is 214 Å². The highest BCUT2D eigenvalue weighted by Crippen LogP contribution is 2.38. The molecular weight excluding hydrogens is 501 g/mol. The molecule has 0 bridgehead atoms. The lowest BCUT2D eigenvalue weighted by atomic mass is 9.81. The summed E-state index contributed by atoms with van der Waals surface area (Å²) in [5.74, 6) is 0.465. The molecule has 0 fully saturated rings. The third-order valence-corrected chi connectivity index (χ3v) is 7.53. The number of rotatable bonds is 8. The van der Waals surface area contributed by atoms with Crippen molar-refractivity contribution in [2.75, 3.05) is 7.11 Å². The third kappa shape index (κ3) is 5.84. The van der Waals surface area contributed by atoms with Crippen molar-refractivity contribution in [1.82, 2.24) is 9.71 Å². The van der Waals surface area contributed by atoms with Gasteiger partial charge in [0.05, 0.1) is 23.3 Å². The molecule has 37 heavy (non-hydrogen) atoms. The number of ether oxygens (including phenoxy) is 1. The topological polar surface area (TPSA) is 68.3 Å². The molecule has 1 heterocycles. The Bertz CT molecular complexity index is 1460. The van der Waals surface area contributed by atoms with Gasteiger partial charge in [0.2, 0.25) is 10.0 Å². The van der Waals surface area contributed by atoms with Crippen molar-refractivity contribution in [1.29, 1.82) is 0 Å². The molecule has 0 saturated carbocycles. The molecule has 4 aromatic rings. The number of pyridine rings is 1. The lowest BCUT2D eigenvalue weighted by molar-refractivity contribution is -0.137. The van der Waals surface area contributed by atoms with Crippen LogP contribution in [0, 0.1) is 6.92 Å². The summed E-state index contributed by atoms with van der Waals surface area (Å²) in [7, 11) is -2.78. The van der Waals surface area contributed by atoms with E-state index in [9.17, 15) is 21.6 Å². The molecule has 5 nitrogen and oxygen atoms in total. The van der Waals surface area contributed by atoms with E-state index >= 15 is 0 Å². The van der Waals surface area contributed by atoms with Crippen LogP contribution >= 0.6 is 0 Å². The van der Waals surface area contributed by atoms with Crippen LogP contribution in [0.3, 0.4) is 0 Å². The van der Waals surface area contributed by atoms with Gasteiger partial charge < -0.3 is 4.74 Å². The summed E-state index contributed by atoms with van der Waals surface area (Å²) in [4.78, 5) is 4.43. The van der Waals surface area contributed by atoms with Gasteiger partial charge in [-0.1, -0.05) is 48.5 Å². The molecule has 0 radical (unpaired) electrons. The minimum absolute atomic E-state index is 0.0145. The van der Waals surface area contributed by atoms with Gasteiger partial charge in [-0.2, -0.15) is 17.9 Å². The fourth-order valence-electron chi connectivity index (χ4n) is 4.11. The largest absolute Gasteiger partial charge is 0.497 e. The van der Waals surface area contributed by atoms with Gasteiger partial charge in [0.1, 0.15) is 11.3 Å². The molecule has 0 saturated heterocycles. The summed E-state index contributed by atoms with van der Waals surface area (Å²) in [6.07, 6.45) is -3.05. The molecule has 0 aliphatic carbocycles. The van der Waals surface area contributed by atoms with Gasteiger partial charge in [-0.25, -0.2) is 8.42 Å². The fourth-order valence-corrected chi connectivity index (χ4v) is 5.48. The number of aromatic nitrogens is 1. The number of aryl methyl sites for hydroxylation is 1. The molecule has 0 aliphatic rings. The molecule has 1 unspecified atom stereocenters. The van der Waals surface area contributed by atoms with Crippen LogP contribution in [0.25, 0.3) is 0 Å². The van der Waals surface area contributed by atoms with E-state index in [1.54, 1.807) is 48.7 Å². The van der Waals surface area contributed by atoms with E-state index in [1.807, 2.05) is 6.92 Å². The monoisotopic (exact) mass is 526 g/mol. The van der Waals surface area contributed by atoms with Crippen LogP contribution in [-0.4, -0.2) is 20.5 Å². The summed E-state index contributed by atoms with van der Waals surface area (Å²) in [5.41, 5.74) is -0.648. The van der Waals surface area contributed by atoms with Crippen LogP contribution in [0.5, 0.6) is 5.75 Å². The number of nitrogens with one attached hydrogen (secondary N) is 1. The Hall–Kier alpha value is -3.69. The first-order chi connectivity index (χ1) is 17.5. The van der Waals surface area contributed by atoms with Gasteiger partial charge in [0.15, 0.2) is 0 Å². The number of alkyl halides is 3. The lowest BCUT2D eigenvalue weighted by Crippen LogP contribution is -2.49. The molecule has 0 amide bonds. The third-order valence-electron chi connectivity index (χ3n) is 6.02. The van der Waals surface area contributed by atoms with Gasteiger partial charge in [-0.05, 0) is 66.1 Å². The summed E-state index contributed by atoms with van der Waals surface area (Å²) in [5, 5.41) is 0. The standard InChI is InChI=1S/C28H25F3N2O3S/c1-20-11-16-26(32-19-20)27(18-21-7-4-3-5-8-21,22-9-6-10-23(17-22)28(29,30)31)33-37(34,35)25-14-12-24(36-2)13-15-25/h3-17,19,33H,18H2,1-2H3. The number of nitrogens with zero attached hydrogens (tertiary/aromatic N) is 1. The number of benzene rings is 3. The molecule has 1 aromatic heterocycles. The van der Waals surface area contributed by atoms with Crippen LogP contribution in [0.1, 0.15) is 27.9 Å². The fraction of sp³-hybridized carbons (Fsp3) is 0.179. The summed E-state index contributed by atoms with van der Waals surface area (Å²) >= 11 is 0. The predicted molar refractivity (Wildman–Crippen MR) is 135 cm³/mol. The molecule has 3 aromatic carbocycles. The van der Waals surface area contributed by atoms with Crippen molar-refractivity contribution in [2.45, 2.75) is 30.0 Å². The highest BCUT2D eigenvalue weighted by Gasteiger charge is 2.42. The second-order valence-electron chi connectivity index (χ2n) is 8.65.